The Bertz CT molecular complexity index is 544. The van der Waals surface area contributed by atoms with Crippen molar-refractivity contribution >= 4 is 23.1 Å². The van der Waals surface area contributed by atoms with Gasteiger partial charge in [0.05, 0.1) is 9.95 Å². The molecule has 1 heterocycles. The number of nitrogens with zero attached hydrogens (tertiary/aromatic N) is 2. The number of hydrogen-bond acceptors (Lipinski definition) is 4. The zero-order chi connectivity index (χ0) is 15.0. The van der Waals surface area contributed by atoms with Crippen molar-refractivity contribution < 1.29 is 4.92 Å². The van der Waals surface area contributed by atoms with Crippen molar-refractivity contribution in [1.29, 1.82) is 0 Å². The van der Waals surface area contributed by atoms with E-state index in [0.29, 0.717) is 11.7 Å². The molecule has 2 bridgehead atoms. The van der Waals surface area contributed by atoms with Crippen molar-refractivity contribution in [3.63, 3.8) is 0 Å². The lowest BCUT2D eigenvalue weighted by molar-refractivity contribution is -0.384. The first-order valence-electron chi connectivity index (χ1n) is 7.61. The Hall–Kier alpha value is -1.36. The zero-order valence-corrected chi connectivity index (χ0v) is 12.8. The molecule has 3 saturated carbocycles. The van der Waals surface area contributed by atoms with Crippen LogP contribution >= 0.6 is 11.6 Å². The fourth-order valence-electron chi connectivity index (χ4n) is 4.04. The Labute approximate surface area is 129 Å². The number of hydrogen-bond donors (Lipinski definition) is 1. The van der Waals surface area contributed by atoms with Gasteiger partial charge in [-0.05, 0) is 43.9 Å². The molecule has 0 saturated heterocycles. The van der Waals surface area contributed by atoms with Gasteiger partial charge < -0.3 is 5.32 Å². The highest BCUT2D eigenvalue weighted by molar-refractivity contribution is 6.30. The molecular weight excluding hydrogens is 290 g/mol. The summed E-state index contributed by atoms with van der Waals surface area (Å²) in [4.78, 5) is 14.8. The maximum Gasteiger partial charge on any atom is 0.312 e. The molecular formula is C15H20ClN3O2. The van der Waals surface area contributed by atoms with Gasteiger partial charge in [-0.1, -0.05) is 24.4 Å². The maximum atomic E-state index is 11.1. The Morgan fingerprint density at radius 3 is 2.71 bits per heavy atom. The Kier molecular flexibility index (Phi) is 4.02. The molecule has 2 unspecified atom stereocenters. The third-order valence-electron chi connectivity index (χ3n) is 5.14. The van der Waals surface area contributed by atoms with E-state index in [1.807, 2.05) is 0 Å². The van der Waals surface area contributed by atoms with E-state index < -0.39 is 4.92 Å². The maximum absolute atomic E-state index is 11.1. The van der Waals surface area contributed by atoms with Crippen LogP contribution in [0.1, 0.15) is 39.0 Å². The summed E-state index contributed by atoms with van der Waals surface area (Å²) in [5, 5.41) is 14.7. The number of anilines is 1. The first-order chi connectivity index (χ1) is 10.0. The number of halogens is 1. The highest BCUT2D eigenvalue weighted by Gasteiger charge is 2.38. The summed E-state index contributed by atoms with van der Waals surface area (Å²) < 4.78 is 0. The summed E-state index contributed by atoms with van der Waals surface area (Å²) in [6.45, 7) is 2.12. The van der Waals surface area contributed by atoms with Gasteiger partial charge in [0.2, 0.25) is 5.82 Å². The number of pyridine rings is 1. The van der Waals surface area contributed by atoms with Crippen LogP contribution in [0.25, 0.3) is 0 Å². The lowest BCUT2D eigenvalue weighted by Crippen LogP contribution is -2.40. The fourth-order valence-corrected chi connectivity index (χ4v) is 4.20. The summed E-state index contributed by atoms with van der Waals surface area (Å²) >= 11 is 5.80. The van der Waals surface area contributed by atoms with Crippen LogP contribution in [0.5, 0.6) is 0 Å². The monoisotopic (exact) mass is 309 g/mol. The molecule has 1 N–H and O–H groups in total. The molecule has 0 aliphatic heterocycles. The summed E-state index contributed by atoms with van der Waals surface area (Å²) in [5.74, 6) is 2.52. The van der Waals surface area contributed by atoms with Gasteiger partial charge in [0.25, 0.3) is 0 Å². The van der Waals surface area contributed by atoms with E-state index in [1.54, 1.807) is 0 Å². The molecule has 0 amide bonds. The molecule has 4 rings (SSSR count). The summed E-state index contributed by atoms with van der Waals surface area (Å²) in [6.07, 6.45) is 8.01. The average Bonchev–Trinajstić information content (AvgIpc) is 2.50. The summed E-state index contributed by atoms with van der Waals surface area (Å²) in [6, 6.07) is 1.56. The van der Waals surface area contributed by atoms with Gasteiger partial charge in [0.15, 0.2) is 0 Å². The topological polar surface area (TPSA) is 68.1 Å². The number of rotatable bonds is 4. The SMILES string of the molecule is CC(Nc1ncc(Cl)cc1[N+](=O)[O-])C1CC2CCC1CC2. The van der Waals surface area contributed by atoms with Crippen molar-refractivity contribution in [2.75, 3.05) is 5.32 Å². The molecule has 5 nitrogen and oxygen atoms in total. The van der Waals surface area contributed by atoms with E-state index in [0.717, 1.165) is 11.8 Å². The summed E-state index contributed by atoms with van der Waals surface area (Å²) in [5.41, 5.74) is -0.0460. The second kappa shape index (κ2) is 5.79. The van der Waals surface area contributed by atoms with Gasteiger partial charge in [0.1, 0.15) is 0 Å². The number of nitro groups is 1. The van der Waals surface area contributed by atoms with Crippen LogP contribution < -0.4 is 5.32 Å². The van der Waals surface area contributed by atoms with E-state index in [2.05, 4.69) is 17.2 Å². The Morgan fingerprint density at radius 2 is 2.14 bits per heavy atom. The van der Waals surface area contributed by atoms with Gasteiger partial charge in [-0.25, -0.2) is 4.98 Å². The van der Waals surface area contributed by atoms with Gasteiger partial charge in [0, 0.05) is 18.3 Å². The number of nitrogens with one attached hydrogen (secondary N) is 1. The molecule has 21 heavy (non-hydrogen) atoms. The molecule has 1 aromatic rings. The lowest BCUT2D eigenvalue weighted by atomic mass is 9.63. The third-order valence-corrected chi connectivity index (χ3v) is 5.35. The number of fused-ring (bicyclic) bond motifs is 3. The van der Waals surface area contributed by atoms with Crippen LogP contribution in [0.2, 0.25) is 5.02 Å². The average molecular weight is 310 g/mol. The van der Waals surface area contributed by atoms with Crippen molar-refractivity contribution in [2.45, 2.75) is 45.1 Å². The van der Waals surface area contributed by atoms with Gasteiger partial charge in [-0.3, -0.25) is 10.1 Å². The molecule has 0 spiro atoms. The second-order valence-corrected chi connectivity index (χ2v) is 6.83. The van der Waals surface area contributed by atoms with E-state index >= 15 is 0 Å². The lowest BCUT2D eigenvalue weighted by Gasteiger charge is -2.45. The predicted molar refractivity (Wildman–Crippen MR) is 82.5 cm³/mol. The largest absolute Gasteiger partial charge is 0.362 e. The van der Waals surface area contributed by atoms with Crippen LogP contribution in [-0.4, -0.2) is 15.9 Å². The zero-order valence-electron chi connectivity index (χ0n) is 12.1. The summed E-state index contributed by atoms with van der Waals surface area (Å²) in [7, 11) is 0. The third kappa shape index (κ3) is 2.98. The highest BCUT2D eigenvalue weighted by atomic mass is 35.5. The van der Waals surface area contributed by atoms with E-state index in [1.165, 1.54) is 44.4 Å². The van der Waals surface area contributed by atoms with E-state index in [-0.39, 0.29) is 16.8 Å². The fraction of sp³-hybridized carbons (Fsp3) is 0.667. The van der Waals surface area contributed by atoms with Crippen molar-refractivity contribution in [1.82, 2.24) is 4.98 Å². The molecule has 2 atom stereocenters. The smallest absolute Gasteiger partial charge is 0.312 e. The van der Waals surface area contributed by atoms with E-state index in [4.69, 9.17) is 11.6 Å². The van der Waals surface area contributed by atoms with Crippen molar-refractivity contribution in [2.24, 2.45) is 17.8 Å². The molecule has 0 radical (unpaired) electrons. The minimum Gasteiger partial charge on any atom is -0.362 e. The second-order valence-electron chi connectivity index (χ2n) is 6.39. The van der Waals surface area contributed by atoms with E-state index in [9.17, 15) is 10.1 Å². The molecule has 1 aromatic heterocycles. The molecule has 3 aliphatic rings. The first kappa shape index (κ1) is 14.6. The molecule has 3 aliphatic carbocycles. The normalized spacial score (nSPS) is 29.1. The predicted octanol–water partition coefficient (Wildman–Crippen LogP) is 4.27. The standard InChI is InChI=1S/C15H20ClN3O2/c1-9(13-6-10-2-4-11(13)5-3-10)18-15-14(19(20)21)7-12(16)8-17-15/h7-11,13H,2-6H2,1H3,(H,17,18). The van der Waals surface area contributed by atoms with Gasteiger partial charge in [-0.15, -0.1) is 0 Å². The Balaban J connectivity index is 1.76. The minimum atomic E-state index is -0.430. The first-order valence-corrected chi connectivity index (χ1v) is 7.99. The van der Waals surface area contributed by atoms with Crippen LogP contribution in [0.4, 0.5) is 11.5 Å². The van der Waals surface area contributed by atoms with Crippen molar-refractivity contribution in [3.8, 4) is 0 Å². The quantitative estimate of drug-likeness (QED) is 0.666. The molecule has 0 aromatic carbocycles. The Morgan fingerprint density at radius 1 is 1.43 bits per heavy atom. The minimum absolute atomic E-state index is 0.0460. The molecule has 6 heteroatoms. The van der Waals surface area contributed by atoms with Crippen LogP contribution in [0.3, 0.4) is 0 Å². The van der Waals surface area contributed by atoms with Crippen LogP contribution in [0, 0.1) is 27.9 Å². The number of aromatic nitrogens is 1. The van der Waals surface area contributed by atoms with Crippen LogP contribution in [-0.2, 0) is 0 Å². The highest BCUT2D eigenvalue weighted by Crippen LogP contribution is 2.46. The molecule has 114 valence electrons. The van der Waals surface area contributed by atoms with Gasteiger partial charge in [-0.2, -0.15) is 0 Å². The van der Waals surface area contributed by atoms with Crippen LogP contribution in [0.15, 0.2) is 12.3 Å². The molecule has 3 fully saturated rings. The van der Waals surface area contributed by atoms with Gasteiger partial charge >= 0.3 is 5.69 Å². The van der Waals surface area contributed by atoms with Crippen molar-refractivity contribution in [3.05, 3.63) is 27.4 Å².